The van der Waals surface area contributed by atoms with E-state index in [0.29, 0.717) is 23.9 Å². The highest BCUT2D eigenvalue weighted by Gasteiger charge is 2.28. The number of rotatable bonds is 5. The van der Waals surface area contributed by atoms with Crippen LogP contribution in [0.3, 0.4) is 0 Å². The van der Waals surface area contributed by atoms with Crippen LogP contribution in [0.5, 0.6) is 0 Å². The van der Waals surface area contributed by atoms with Gasteiger partial charge >= 0.3 is 0 Å². The molecule has 2 fully saturated rings. The molecule has 2 saturated heterocycles. The van der Waals surface area contributed by atoms with Crippen molar-refractivity contribution in [3.05, 3.63) is 52.8 Å². The summed E-state index contributed by atoms with van der Waals surface area (Å²) in [4.78, 5) is 14.9. The Labute approximate surface area is 185 Å². The minimum Gasteiger partial charge on any atom is -0.379 e. The van der Waals surface area contributed by atoms with Crippen LogP contribution in [0.25, 0.3) is 0 Å². The second-order valence-electron chi connectivity index (χ2n) is 7.47. The van der Waals surface area contributed by atoms with Crippen molar-refractivity contribution in [2.45, 2.75) is 17.7 Å². The van der Waals surface area contributed by atoms with Crippen molar-refractivity contribution in [2.75, 3.05) is 49.6 Å². The monoisotopic (exact) mass is 467 g/mol. The van der Waals surface area contributed by atoms with Crippen LogP contribution in [0.4, 0.5) is 15.8 Å². The first-order chi connectivity index (χ1) is 14.9. The molecule has 166 valence electrons. The minimum atomic E-state index is -3.86. The van der Waals surface area contributed by atoms with E-state index in [1.807, 2.05) is 6.07 Å². The van der Waals surface area contributed by atoms with Crippen LogP contribution in [-0.4, -0.2) is 58.0 Å². The molecule has 2 aliphatic rings. The Morgan fingerprint density at radius 1 is 1.03 bits per heavy atom. The molecule has 2 aromatic rings. The Bertz CT molecular complexity index is 1080. The van der Waals surface area contributed by atoms with Crippen molar-refractivity contribution in [1.29, 1.82) is 0 Å². The largest absolute Gasteiger partial charge is 0.379 e. The smallest absolute Gasteiger partial charge is 0.258 e. The average Bonchev–Trinajstić information content (AvgIpc) is 3.29. The molecule has 0 radical (unpaired) electrons. The van der Waals surface area contributed by atoms with E-state index in [2.05, 4.69) is 10.2 Å². The first-order valence-corrected chi connectivity index (χ1v) is 11.9. The van der Waals surface area contributed by atoms with Gasteiger partial charge in [-0.05, 0) is 49.2 Å². The van der Waals surface area contributed by atoms with Gasteiger partial charge in [-0.25, -0.2) is 12.8 Å². The van der Waals surface area contributed by atoms with Crippen LogP contribution >= 0.6 is 11.6 Å². The van der Waals surface area contributed by atoms with E-state index >= 15 is 0 Å². The summed E-state index contributed by atoms with van der Waals surface area (Å²) >= 11 is 6.12. The molecule has 4 rings (SSSR count). The van der Waals surface area contributed by atoms with E-state index in [0.717, 1.165) is 43.8 Å². The van der Waals surface area contributed by atoms with Gasteiger partial charge in [0, 0.05) is 31.2 Å². The highest BCUT2D eigenvalue weighted by Crippen LogP contribution is 2.32. The third-order valence-corrected chi connectivity index (χ3v) is 7.57. The number of halogens is 2. The molecule has 0 saturated carbocycles. The Hall–Kier alpha value is -2.20. The number of hydrogen-bond donors (Lipinski definition) is 1. The van der Waals surface area contributed by atoms with E-state index in [1.54, 1.807) is 12.1 Å². The van der Waals surface area contributed by atoms with Gasteiger partial charge in [0.25, 0.3) is 5.91 Å². The number of carbonyl (C=O) groups excluding carboxylic acids is 1. The molecule has 2 aromatic carbocycles. The maximum Gasteiger partial charge on any atom is 0.258 e. The predicted molar refractivity (Wildman–Crippen MR) is 117 cm³/mol. The second kappa shape index (κ2) is 9.12. The molecule has 2 aliphatic heterocycles. The summed E-state index contributed by atoms with van der Waals surface area (Å²) < 4.78 is 46.8. The average molecular weight is 468 g/mol. The lowest BCUT2D eigenvalue weighted by Gasteiger charge is -2.26. The molecule has 0 aromatic heterocycles. The summed E-state index contributed by atoms with van der Waals surface area (Å²) in [7, 11) is -3.86. The third-order valence-electron chi connectivity index (χ3n) is 5.44. The van der Waals surface area contributed by atoms with Gasteiger partial charge in [-0.3, -0.25) is 4.79 Å². The third kappa shape index (κ3) is 4.69. The summed E-state index contributed by atoms with van der Waals surface area (Å²) in [5, 5.41) is 3.14. The molecule has 0 bridgehead atoms. The highest BCUT2D eigenvalue weighted by atomic mass is 35.5. The number of sulfonamides is 1. The SMILES string of the molecule is O=C(Nc1cc(Cl)ccc1N1CCCC1)c1cc(S(=O)(=O)N2CCOCC2)ccc1F. The number of ether oxygens (including phenoxy) is 1. The highest BCUT2D eigenvalue weighted by molar-refractivity contribution is 7.89. The van der Waals surface area contributed by atoms with Crippen molar-refractivity contribution in [1.82, 2.24) is 4.31 Å². The number of anilines is 2. The number of nitrogens with one attached hydrogen (secondary N) is 1. The van der Waals surface area contributed by atoms with E-state index in [1.165, 1.54) is 10.4 Å². The van der Waals surface area contributed by atoms with Crippen LogP contribution in [0.1, 0.15) is 23.2 Å². The molecule has 10 heteroatoms. The van der Waals surface area contributed by atoms with E-state index < -0.39 is 21.7 Å². The zero-order valence-corrected chi connectivity index (χ0v) is 18.4. The molecule has 1 N–H and O–H groups in total. The summed E-state index contributed by atoms with van der Waals surface area (Å²) in [6, 6.07) is 8.42. The van der Waals surface area contributed by atoms with Gasteiger partial charge in [-0.2, -0.15) is 4.31 Å². The van der Waals surface area contributed by atoms with Crippen molar-refractivity contribution in [3.63, 3.8) is 0 Å². The molecule has 2 heterocycles. The number of nitrogens with zero attached hydrogens (tertiary/aromatic N) is 2. The zero-order valence-electron chi connectivity index (χ0n) is 16.8. The number of hydrogen-bond acceptors (Lipinski definition) is 5. The molecule has 7 nitrogen and oxygen atoms in total. The van der Waals surface area contributed by atoms with Gasteiger partial charge in [0.2, 0.25) is 10.0 Å². The maximum absolute atomic E-state index is 14.5. The van der Waals surface area contributed by atoms with E-state index in [4.69, 9.17) is 16.3 Å². The summed E-state index contributed by atoms with van der Waals surface area (Å²) in [6.45, 7) is 2.72. The Morgan fingerprint density at radius 2 is 1.74 bits per heavy atom. The number of carbonyl (C=O) groups is 1. The van der Waals surface area contributed by atoms with Crippen LogP contribution in [0, 0.1) is 5.82 Å². The summed E-state index contributed by atoms with van der Waals surface area (Å²) in [6.07, 6.45) is 2.10. The fourth-order valence-electron chi connectivity index (χ4n) is 3.81. The van der Waals surface area contributed by atoms with Crippen molar-refractivity contribution >= 4 is 38.9 Å². The summed E-state index contributed by atoms with van der Waals surface area (Å²) in [5.41, 5.74) is 0.912. The Morgan fingerprint density at radius 3 is 2.45 bits per heavy atom. The first-order valence-electron chi connectivity index (χ1n) is 10.1. The number of benzene rings is 2. The van der Waals surface area contributed by atoms with Crippen molar-refractivity contribution in [3.8, 4) is 0 Å². The van der Waals surface area contributed by atoms with Gasteiger partial charge < -0.3 is 15.0 Å². The lowest BCUT2D eigenvalue weighted by molar-refractivity contribution is 0.0730. The van der Waals surface area contributed by atoms with Crippen LogP contribution < -0.4 is 10.2 Å². The number of amides is 1. The summed E-state index contributed by atoms with van der Waals surface area (Å²) in [5.74, 6) is -1.54. The zero-order chi connectivity index (χ0) is 22.0. The van der Waals surface area contributed by atoms with Gasteiger partial charge in [0.1, 0.15) is 5.82 Å². The van der Waals surface area contributed by atoms with Gasteiger partial charge in [-0.1, -0.05) is 11.6 Å². The molecule has 0 aliphatic carbocycles. The predicted octanol–water partition coefficient (Wildman–Crippen LogP) is 3.35. The van der Waals surface area contributed by atoms with Crippen LogP contribution in [0.15, 0.2) is 41.3 Å². The Kier molecular flexibility index (Phi) is 6.47. The molecule has 1 amide bonds. The second-order valence-corrected chi connectivity index (χ2v) is 9.84. The standard InChI is InChI=1S/C21H23ClFN3O4S/c22-15-3-6-20(25-7-1-2-8-25)19(13-15)24-21(27)17-14-16(4-5-18(17)23)31(28,29)26-9-11-30-12-10-26/h3-6,13-14H,1-2,7-12H2,(H,24,27). The fraction of sp³-hybridized carbons (Fsp3) is 0.381. The van der Waals surface area contributed by atoms with Crippen molar-refractivity contribution in [2.24, 2.45) is 0 Å². The molecule has 0 spiro atoms. The van der Waals surface area contributed by atoms with Crippen molar-refractivity contribution < 1.29 is 22.3 Å². The normalized spacial score (nSPS) is 17.7. The molecule has 0 atom stereocenters. The molecular weight excluding hydrogens is 445 g/mol. The van der Waals surface area contributed by atoms with E-state index in [9.17, 15) is 17.6 Å². The molecule has 0 unspecified atom stereocenters. The van der Waals surface area contributed by atoms with Gasteiger partial charge in [-0.15, -0.1) is 0 Å². The lowest BCUT2D eigenvalue weighted by Crippen LogP contribution is -2.40. The van der Waals surface area contributed by atoms with Crippen LogP contribution in [0.2, 0.25) is 5.02 Å². The maximum atomic E-state index is 14.5. The molecular formula is C21H23ClFN3O4S. The van der Waals surface area contributed by atoms with Gasteiger partial charge in [0.15, 0.2) is 0 Å². The van der Waals surface area contributed by atoms with E-state index in [-0.39, 0.29) is 23.5 Å². The Balaban J connectivity index is 1.62. The molecule has 31 heavy (non-hydrogen) atoms. The van der Waals surface area contributed by atoms with Gasteiger partial charge in [0.05, 0.1) is 35.0 Å². The quantitative estimate of drug-likeness (QED) is 0.729. The lowest BCUT2D eigenvalue weighted by atomic mass is 10.1. The number of morpholine rings is 1. The first kappa shape index (κ1) is 22.0. The minimum absolute atomic E-state index is 0.133. The fourth-order valence-corrected chi connectivity index (χ4v) is 5.41. The van der Waals surface area contributed by atoms with Crippen LogP contribution in [-0.2, 0) is 14.8 Å². The topological polar surface area (TPSA) is 79.0 Å².